The summed E-state index contributed by atoms with van der Waals surface area (Å²) in [6.45, 7) is 3.31. The fraction of sp³-hybridized carbons (Fsp3) is 0. The fourth-order valence-electron chi connectivity index (χ4n) is 0.371. The van der Waals surface area contributed by atoms with E-state index in [-0.39, 0.29) is 5.57 Å². The van der Waals surface area contributed by atoms with Crippen molar-refractivity contribution in [3.8, 4) is 0 Å². The minimum Gasteiger partial charge on any atom is -0.331 e. The molecule has 1 amide bonds. The molecule has 5 N–H and O–H groups in total. The van der Waals surface area contributed by atoms with Crippen LogP contribution >= 0.6 is 0 Å². The van der Waals surface area contributed by atoms with Crippen LogP contribution in [0.2, 0.25) is 0 Å². The summed E-state index contributed by atoms with van der Waals surface area (Å²) in [7, 11) is 0. The Hall–Kier alpha value is -1.33. The van der Waals surface area contributed by atoms with E-state index in [1.54, 1.807) is 0 Å². The second-order valence-electron chi connectivity index (χ2n) is 1.41. The first-order valence-corrected chi connectivity index (χ1v) is 2.49. The van der Waals surface area contributed by atoms with Gasteiger partial charge in [0.2, 0.25) is 0 Å². The van der Waals surface area contributed by atoms with Crippen LogP contribution in [0.15, 0.2) is 24.4 Å². The molecule has 0 atom stereocenters. The van der Waals surface area contributed by atoms with Crippen molar-refractivity contribution in [1.82, 2.24) is 10.9 Å². The van der Waals surface area contributed by atoms with Crippen molar-refractivity contribution in [3.63, 3.8) is 0 Å². The smallest absolute Gasteiger partial charge is 0.276 e. The van der Waals surface area contributed by atoms with E-state index in [2.05, 4.69) is 12.0 Å². The molecule has 0 aromatic carbocycles. The molecule has 10 heavy (non-hydrogen) atoms. The van der Waals surface area contributed by atoms with Crippen LogP contribution < -0.4 is 16.7 Å². The van der Waals surface area contributed by atoms with Crippen LogP contribution in [0.3, 0.4) is 0 Å². The number of hydrazine groups is 1. The summed E-state index contributed by atoms with van der Waals surface area (Å²) in [5, 5.41) is 8.11. The molecule has 0 unspecified atom stereocenters. The van der Waals surface area contributed by atoms with Gasteiger partial charge in [-0.15, -0.1) is 0 Å². The van der Waals surface area contributed by atoms with E-state index < -0.39 is 5.91 Å². The van der Waals surface area contributed by atoms with Crippen molar-refractivity contribution in [3.05, 3.63) is 24.4 Å². The molecule has 5 nitrogen and oxygen atoms in total. The average molecular weight is 143 g/mol. The topological polar surface area (TPSA) is 87.4 Å². The molecule has 0 radical (unpaired) electrons. The molecule has 0 aliphatic carbocycles. The summed E-state index contributed by atoms with van der Waals surface area (Å²) in [6, 6.07) is 0. The largest absolute Gasteiger partial charge is 0.331 e. The standard InChI is InChI=1S/C5H9N3O2/c1-2-4(3-7-6)5(9)8-10/h2-3,7,10H,1,6H2,(H,8,9)/b4-3+. The number of hydrogen-bond donors (Lipinski definition) is 4. The molecular formula is C5H9N3O2. The Labute approximate surface area is 58.1 Å². The maximum Gasteiger partial charge on any atom is 0.276 e. The third-order valence-electron chi connectivity index (χ3n) is 0.822. The van der Waals surface area contributed by atoms with Crippen LogP contribution in [0.1, 0.15) is 0 Å². The van der Waals surface area contributed by atoms with E-state index in [9.17, 15) is 4.79 Å². The first-order chi connectivity index (χ1) is 4.76. The summed E-state index contributed by atoms with van der Waals surface area (Å²) in [5.74, 6) is 4.20. The Kier molecular flexibility index (Phi) is 3.94. The van der Waals surface area contributed by atoms with Gasteiger partial charge in [0.05, 0.1) is 5.57 Å². The van der Waals surface area contributed by atoms with Gasteiger partial charge in [-0.25, -0.2) is 5.48 Å². The van der Waals surface area contributed by atoms with Crippen LogP contribution in [0.5, 0.6) is 0 Å². The van der Waals surface area contributed by atoms with Crippen molar-refractivity contribution < 1.29 is 10.0 Å². The van der Waals surface area contributed by atoms with Crippen molar-refractivity contribution in [2.45, 2.75) is 0 Å². The molecule has 0 spiro atoms. The number of carbonyl (C=O) groups excluding carboxylic acids is 1. The van der Waals surface area contributed by atoms with Crippen LogP contribution in [0, 0.1) is 0 Å². The Morgan fingerprint density at radius 2 is 2.30 bits per heavy atom. The van der Waals surface area contributed by atoms with Gasteiger partial charge in [-0.3, -0.25) is 15.8 Å². The summed E-state index contributed by atoms with van der Waals surface area (Å²) in [4.78, 5) is 10.5. The summed E-state index contributed by atoms with van der Waals surface area (Å²) >= 11 is 0. The molecule has 0 aromatic rings. The molecule has 0 aromatic heterocycles. The van der Waals surface area contributed by atoms with Crippen LogP contribution in [0.4, 0.5) is 0 Å². The molecule has 0 saturated carbocycles. The second-order valence-corrected chi connectivity index (χ2v) is 1.41. The molecule has 0 bridgehead atoms. The summed E-state index contributed by atoms with van der Waals surface area (Å²) < 4.78 is 0. The summed E-state index contributed by atoms with van der Waals surface area (Å²) in [5.41, 5.74) is 3.71. The first kappa shape index (κ1) is 8.67. The zero-order valence-corrected chi connectivity index (χ0v) is 5.29. The maximum atomic E-state index is 10.5. The lowest BCUT2D eigenvalue weighted by Gasteiger charge is -1.97. The van der Waals surface area contributed by atoms with E-state index in [1.165, 1.54) is 17.8 Å². The number of nitrogens with two attached hydrogens (primary N) is 1. The number of hydroxylamine groups is 1. The quantitative estimate of drug-likeness (QED) is 0.134. The lowest BCUT2D eigenvalue weighted by atomic mass is 10.3. The lowest BCUT2D eigenvalue weighted by Crippen LogP contribution is -2.23. The number of nitrogens with one attached hydrogen (secondary N) is 2. The predicted octanol–water partition coefficient (Wildman–Crippen LogP) is -0.975. The number of carbonyl (C=O) groups is 1. The third-order valence-corrected chi connectivity index (χ3v) is 0.822. The van der Waals surface area contributed by atoms with Gasteiger partial charge >= 0.3 is 0 Å². The Bertz CT molecular complexity index is 164. The number of amides is 1. The number of hydrogen-bond acceptors (Lipinski definition) is 4. The number of rotatable bonds is 3. The highest BCUT2D eigenvalue weighted by molar-refractivity contribution is 5.94. The molecule has 0 heterocycles. The molecule has 0 fully saturated rings. The molecule has 0 aliphatic rings. The van der Waals surface area contributed by atoms with E-state index in [0.717, 1.165) is 0 Å². The Morgan fingerprint density at radius 3 is 2.60 bits per heavy atom. The molecule has 0 saturated heterocycles. The second kappa shape index (κ2) is 4.54. The molecule has 0 rings (SSSR count). The van der Waals surface area contributed by atoms with Crippen molar-refractivity contribution >= 4 is 5.91 Å². The van der Waals surface area contributed by atoms with Gasteiger partial charge in [0.15, 0.2) is 0 Å². The molecule has 5 heteroatoms. The van der Waals surface area contributed by atoms with E-state index in [1.807, 2.05) is 0 Å². The van der Waals surface area contributed by atoms with Crippen LogP contribution in [-0.2, 0) is 4.79 Å². The van der Waals surface area contributed by atoms with Gasteiger partial charge in [0.1, 0.15) is 0 Å². The maximum absolute atomic E-state index is 10.5. The Balaban J connectivity index is 4.20. The summed E-state index contributed by atoms with van der Waals surface area (Å²) in [6.07, 6.45) is 2.46. The van der Waals surface area contributed by atoms with Gasteiger partial charge in [-0.05, 0) is 0 Å². The highest BCUT2D eigenvalue weighted by Crippen LogP contribution is 1.91. The minimum atomic E-state index is -0.659. The Morgan fingerprint density at radius 1 is 1.70 bits per heavy atom. The molecular weight excluding hydrogens is 134 g/mol. The fourth-order valence-corrected chi connectivity index (χ4v) is 0.371. The van der Waals surface area contributed by atoms with Gasteiger partial charge in [-0.2, -0.15) is 0 Å². The third kappa shape index (κ3) is 2.29. The van der Waals surface area contributed by atoms with Crippen LogP contribution in [-0.4, -0.2) is 11.1 Å². The van der Waals surface area contributed by atoms with Crippen molar-refractivity contribution in [2.75, 3.05) is 0 Å². The zero-order valence-electron chi connectivity index (χ0n) is 5.29. The molecule has 0 aliphatic heterocycles. The lowest BCUT2D eigenvalue weighted by molar-refractivity contribution is -0.124. The molecule has 56 valence electrons. The normalized spacial score (nSPS) is 10.4. The van der Waals surface area contributed by atoms with E-state index >= 15 is 0 Å². The van der Waals surface area contributed by atoms with E-state index in [0.29, 0.717) is 0 Å². The predicted molar refractivity (Wildman–Crippen MR) is 35.5 cm³/mol. The van der Waals surface area contributed by atoms with Gasteiger partial charge < -0.3 is 5.43 Å². The van der Waals surface area contributed by atoms with E-state index in [4.69, 9.17) is 11.0 Å². The zero-order chi connectivity index (χ0) is 7.98. The van der Waals surface area contributed by atoms with Crippen LogP contribution in [0.25, 0.3) is 0 Å². The van der Waals surface area contributed by atoms with Gasteiger partial charge in [0, 0.05) is 6.20 Å². The van der Waals surface area contributed by atoms with Gasteiger partial charge in [-0.1, -0.05) is 12.7 Å². The highest BCUT2D eigenvalue weighted by Gasteiger charge is 2.01. The average Bonchev–Trinajstić information content (AvgIpc) is 1.99. The van der Waals surface area contributed by atoms with Crippen molar-refractivity contribution in [2.24, 2.45) is 5.84 Å². The minimum absolute atomic E-state index is 0.157. The monoisotopic (exact) mass is 143 g/mol. The van der Waals surface area contributed by atoms with Gasteiger partial charge in [0.25, 0.3) is 5.91 Å². The first-order valence-electron chi connectivity index (χ1n) is 2.49. The van der Waals surface area contributed by atoms with Crippen molar-refractivity contribution in [1.29, 1.82) is 0 Å². The highest BCUT2D eigenvalue weighted by atomic mass is 16.5. The SMILES string of the molecule is C=C/C(=C\NN)C(=O)NO.